The van der Waals surface area contributed by atoms with Crippen molar-refractivity contribution in [3.8, 4) is 11.5 Å². The highest BCUT2D eigenvalue weighted by Crippen LogP contribution is 2.22. The molecule has 25 heavy (non-hydrogen) atoms. The van der Waals surface area contributed by atoms with Gasteiger partial charge in [0.15, 0.2) is 5.78 Å². The number of carbonyl (C=O) groups is 2. The van der Waals surface area contributed by atoms with Gasteiger partial charge in [-0.1, -0.05) is 48.5 Å². The molecule has 3 nitrogen and oxygen atoms in total. The van der Waals surface area contributed by atoms with Crippen LogP contribution in [0.25, 0.3) is 0 Å². The Labute approximate surface area is 147 Å². The first-order chi connectivity index (χ1) is 12.1. The van der Waals surface area contributed by atoms with Crippen molar-refractivity contribution < 1.29 is 14.3 Å². The summed E-state index contributed by atoms with van der Waals surface area (Å²) in [6.07, 6.45) is 0. The normalized spacial score (nSPS) is 9.52. The van der Waals surface area contributed by atoms with Crippen molar-refractivity contribution in [2.24, 2.45) is 0 Å². The summed E-state index contributed by atoms with van der Waals surface area (Å²) in [6.45, 7) is 3.06. The molecule has 0 saturated carbocycles. The molecular weight excluding hydrogens is 312 g/mol. The van der Waals surface area contributed by atoms with Crippen LogP contribution in [0.15, 0.2) is 84.9 Å². The molecule has 3 rings (SSSR count). The highest BCUT2D eigenvalue weighted by atomic mass is 16.5. The van der Waals surface area contributed by atoms with E-state index in [4.69, 9.17) is 4.74 Å². The minimum Gasteiger partial charge on any atom is -0.457 e. The summed E-state index contributed by atoms with van der Waals surface area (Å²) >= 11 is 0. The van der Waals surface area contributed by atoms with E-state index in [1.54, 1.807) is 12.1 Å². The van der Waals surface area contributed by atoms with Crippen LogP contribution >= 0.6 is 0 Å². The Kier molecular flexibility index (Phi) is 6.66. The third-order valence-corrected chi connectivity index (χ3v) is 3.13. The van der Waals surface area contributed by atoms with Crippen molar-refractivity contribution in [2.75, 3.05) is 0 Å². The highest BCUT2D eigenvalue weighted by molar-refractivity contribution is 6.08. The Bertz CT molecular complexity index is 803. The van der Waals surface area contributed by atoms with Crippen molar-refractivity contribution in [1.29, 1.82) is 0 Å². The summed E-state index contributed by atoms with van der Waals surface area (Å²) in [5.41, 5.74) is 1.34. The highest BCUT2D eigenvalue weighted by Gasteiger charge is 2.08. The fourth-order valence-corrected chi connectivity index (χ4v) is 2.06. The Hall–Kier alpha value is -3.20. The number of hydrogen-bond acceptors (Lipinski definition) is 3. The monoisotopic (exact) mass is 332 g/mol. The van der Waals surface area contributed by atoms with Crippen molar-refractivity contribution >= 4 is 11.6 Å². The van der Waals surface area contributed by atoms with Gasteiger partial charge in [-0.25, -0.2) is 0 Å². The molecule has 0 N–H and O–H groups in total. The second kappa shape index (κ2) is 9.18. The zero-order valence-corrected chi connectivity index (χ0v) is 14.3. The maximum absolute atomic E-state index is 12.3. The van der Waals surface area contributed by atoms with E-state index >= 15 is 0 Å². The van der Waals surface area contributed by atoms with Crippen LogP contribution in [0.1, 0.15) is 29.8 Å². The topological polar surface area (TPSA) is 43.4 Å². The first kappa shape index (κ1) is 18.1. The van der Waals surface area contributed by atoms with Gasteiger partial charge in [0.25, 0.3) is 0 Å². The molecule has 0 atom stereocenters. The van der Waals surface area contributed by atoms with E-state index < -0.39 is 0 Å². The first-order valence-electron chi connectivity index (χ1n) is 7.96. The van der Waals surface area contributed by atoms with Gasteiger partial charge in [0.1, 0.15) is 17.3 Å². The fraction of sp³-hybridized carbons (Fsp3) is 0.0909. The second-order valence-corrected chi connectivity index (χ2v) is 5.54. The van der Waals surface area contributed by atoms with E-state index in [0.717, 1.165) is 5.75 Å². The largest absolute Gasteiger partial charge is 0.457 e. The quantitative estimate of drug-likeness (QED) is 0.608. The summed E-state index contributed by atoms with van der Waals surface area (Å²) in [7, 11) is 0. The number of para-hydroxylation sites is 1. The Morgan fingerprint density at radius 1 is 0.600 bits per heavy atom. The Morgan fingerprint density at radius 3 is 1.52 bits per heavy atom. The maximum Gasteiger partial charge on any atom is 0.193 e. The number of hydrogen-bond donors (Lipinski definition) is 0. The number of benzene rings is 3. The van der Waals surface area contributed by atoms with Crippen LogP contribution in [0.2, 0.25) is 0 Å². The summed E-state index contributed by atoms with van der Waals surface area (Å²) in [4.78, 5) is 21.7. The van der Waals surface area contributed by atoms with Gasteiger partial charge in [-0.15, -0.1) is 0 Å². The maximum atomic E-state index is 12.3. The molecule has 0 radical (unpaired) electrons. The fourth-order valence-electron chi connectivity index (χ4n) is 2.06. The van der Waals surface area contributed by atoms with E-state index in [0.29, 0.717) is 16.9 Å². The molecule has 0 spiro atoms. The molecule has 0 bridgehead atoms. The average Bonchev–Trinajstić information content (AvgIpc) is 2.63. The van der Waals surface area contributed by atoms with E-state index in [2.05, 4.69) is 0 Å². The molecule has 0 fully saturated rings. The van der Waals surface area contributed by atoms with Gasteiger partial charge in [0.2, 0.25) is 0 Å². The molecular formula is C22H20O3. The first-order valence-corrected chi connectivity index (χ1v) is 7.96. The van der Waals surface area contributed by atoms with Crippen LogP contribution < -0.4 is 4.74 Å². The lowest BCUT2D eigenvalue weighted by atomic mass is 10.0. The molecule has 126 valence electrons. The van der Waals surface area contributed by atoms with Gasteiger partial charge in [-0.05, 0) is 50.2 Å². The molecule has 0 aliphatic carbocycles. The van der Waals surface area contributed by atoms with Crippen LogP contribution in [0.5, 0.6) is 11.5 Å². The lowest BCUT2D eigenvalue weighted by molar-refractivity contribution is -0.114. The molecule has 0 aliphatic heterocycles. The van der Waals surface area contributed by atoms with E-state index in [9.17, 15) is 9.59 Å². The summed E-state index contributed by atoms with van der Waals surface area (Å²) < 4.78 is 5.71. The predicted octanol–water partition coefficient (Wildman–Crippen LogP) is 5.31. The molecule has 3 heteroatoms. The van der Waals surface area contributed by atoms with Crippen LogP contribution in [0, 0.1) is 0 Å². The van der Waals surface area contributed by atoms with Crippen molar-refractivity contribution in [2.45, 2.75) is 13.8 Å². The van der Waals surface area contributed by atoms with Gasteiger partial charge in [0.05, 0.1) is 0 Å². The summed E-state index contributed by atoms with van der Waals surface area (Å²) in [6, 6.07) is 26.0. The minimum absolute atomic E-state index is 0.0156. The van der Waals surface area contributed by atoms with Crippen LogP contribution in [0.3, 0.4) is 0 Å². The standard InChI is InChI=1S/C19H14O2.C3H6O/c20-19(15-7-3-1-4-8-15)16-11-13-18(14-12-16)21-17-9-5-2-6-10-17;1-3(2)4/h1-14H;1-2H3. The predicted molar refractivity (Wildman–Crippen MR) is 99.2 cm³/mol. The lowest BCUT2D eigenvalue weighted by Gasteiger charge is -2.06. The molecule has 0 amide bonds. The number of ether oxygens (including phenoxy) is 1. The van der Waals surface area contributed by atoms with E-state index in [1.807, 2.05) is 72.8 Å². The van der Waals surface area contributed by atoms with Crippen molar-refractivity contribution in [1.82, 2.24) is 0 Å². The van der Waals surface area contributed by atoms with Gasteiger partial charge in [-0.2, -0.15) is 0 Å². The Balaban J connectivity index is 0.000000511. The molecule has 0 saturated heterocycles. The lowest BCUT2D eigenvalue weighted by Crippen LogP contribution is -2.00. The number of carbonyl (C=O) groups excluding carboxylic acids is 2. The molecule has 3 aromatic rings. The third kappa shape index (κ3) is 6.07. The van der Waals surface area contributed by atoms with E-state index in [1.165, 1.54) is 13.8 Å². The van der Waals surface area contributed by atoms with Crippen molar-refractivity contribution in [3.05, 3.63) is 96.1 Å². The smallest absolute Gasteiger partial charge is 0.193 e. The molecule has 0 unspecified atom stereocenters. The van der Waals surface area contributed by atoms with Gasteiger partial charge in [0, 0.05) is 11.1 Å². The summed E-state index contributed by atoms with van der Waals surface area (Å²) in [5.74, 6) is 1.67. The SMILES string of the molecule is CC(C)=O.O=C(c1ccccc1)c1ccc(Oc2ccccc2)cc1. The van der Waals surface area contributed by atoms with Crippen LogP contribution in [0.4, 0.5) is 0 Å². The molecule has 3 aromatic carbocycles. The third-order valence-electron chi connectivity index (χ3n) is 3.13. The van der Waals surface area contributed by atoms with Gasteiger partial charge < -0.3 is 9.53 Å². The van der Waals surface area contributed by atoms with Crippen molar-refractivity contribution in [3.63, 3.8) is 0 Å². The Morgan fingerprint density at radius 2 is 1.00 bits per heavy atom. The van der Waals surface area contributed by atoms with Gasteiger partial charge >= 0.3 is 0 Å². The van der Waals surface area contributed by atoms with E-state index in [-0.39, 0.29) is 11.6 Å². The van der Waals surface area contributed by atoms with Crippen LogP contribution in [-0.4, -0.2) is 11.6 Å². The van der Waals surface area contributed by atoms with Gasteiger partial charge in [-0.3, -0.25) is 4.79 Å². The summed E-state index contributed by atoms with van der Waals surface area (Å²) in [5, 5.41) is 0. The molecule has 0 aliphatic rings. The molecule has 0 aromatic heterocycles. The zero-order chi connectivity index (χ0) is 18.1. The molecule has 0 heterocycles. The number of rotatable bonds is 4. The minimum atomic E-state index is 0.0156. The van der Waals surface area contributed by atoms with Crippen LogP contribution in [-0.2, 0) is 4.79 Å². The number of ketones is 2. The number of Topliss-reactive ketones (excluding diaryl/α,β-unsaturated/α-hetero) is 1. The second-order valence-electron chi connectivity index (χ2n) is 5.54. The average molecular weight is 332 g/mol. The zero-order valence-electron chi connectivity index (χ0n) is 14.3.